The van der Waals surface area contributed by atoms with Gasteiger partial charge in [0.05, 0.1) is 10.2 Å². The molecule has 188 valence electrons. The molecule has 0 atom stereocenters. The van der Waals surface area contributed by atoms with Crippen LogP contribution >= 0.6 is 39.1 Å². The first-order valence-corrected chi connectivity index (χ1v) is 12.3. The molecule has 1 aliphatic heterocycles. The van der Waals surface area contributed by atoms with E-state index < -0.39 is 17.8 Å². The highest BCUT2D eigenvalue weighted by Gasteiger charge is 2.37. The molecule has 8 nitrogen and oxygen atoms in total. The summed E-state index contributed by atoms with van der Waals surface area (Å²) in [6.07, 6.45) is 1.36. The maximum atomic E-state index is 13.2. The fourth-order valence-electron chi connectivity index (χ4n) is 3.46. The van der Waals surface area contributed by atoms with Crippen molar-refractivity contribution in [1.82, 2.24) is 5.32 Å². The summed E-state index contributed by atoms with van der Waals surface area (Å²) in [4.78, 5) is 51.2. The van der Waals surface area contributed by atoms with Crippen molar-refractivity contribution in [3.05, 3.63) is 91.9 Å². The van der Waals surface area contributed by atoms with Crippen LogP contribution in [0.15, 0.2) is 70.7 Å². The zero-order valence-corrected chi connectivity index (χ0v) is 22.3. The smallest absolute Gasteiger partial charge is 0.335 e. The highest BCUT2D eigenvalue weighted by molar-refractivity contribution is 9.10. The van der Waals surface area contributed by atoms with Crippen LogP contribution in [0.4, 0.5) is 16.2 Å². The fraction of sp³-hybridized carbons (Fsp3) is 0.0769. The van der Waals surface area contributed by atoms with Gasteiger partial charge in [-0.05, 0) is 88.6 Å². The van der Waals surface area contributed by atoms with Gasteiger partial charge >= 0.3 is 6.03 Å². The van der Waals surface area contributed by atoms with E-state index in [0.717, 1.165) is 4.90 Å². The standard InChI is InChI=1S/C26H18BrCl2N3O5/c1-14-2-4-17(29)12-21(14)32-25(35)19(24(34)31-26(32)36)10-15-3-9-22(20(27)11-15)37-13-23(33)30-18-7-5-16(28)6-8-18/h2-12H,13H2,1H3,(H,30,33)(H,31,34,36)/b19-10+. The topological polar surface area (TPSA) is 105 Å². The SMILES string of the molecule is Cc1ccc(Cl)cc1N1C(=O)NC(=O)/C(=C\c2ccc(OCC(=O)Nc3ccc(Cl)cc3)c(Br)c2)C1=O. The van der Waals surface area contributed by atoms with Gasteiger partial charge < -0.3 is 10.1 Å². The van der Waals surface area contributed by atoms with Crippen LogP contribution < -0.4 is 20.3 Å². The molecule has 4 rings (SSSR count). The van der Waals surface area contributed by atoms with Crippen LogP contribution in [-0.4, -0.2) is 30.4 Å². The van der Waals surface area contributed by atoms with Gasteiger partial charge in [0.25, 0.3) is 17.7 Å². The Bertz CT molecular complexity index is 1460. The minimum Gasteiger partial charge on any atom is -0.483 e. The minimum absolute atomic E-state index is 0.234. The van der Waals surface area contributed by atoms with E-state index >= 15 is 0 Å². The number of rotatable bonds is 6. The summed E-state index contributed by atoms with van der Waals surface area (Å²) in [5, 5.41) is 5.77. The first-order chi connectivity index (χ1) is 17.6. The number of ether oxygens (including phenoxy) is 1. The summed E-state index contributed by atoms with van der Waals surface area (Å²) < 4.78 is 6.07. The Kier molecular flexibility index (Phi) is 7.97. The maximum absolute atomic E-state index is 13.2. The van der Waals surface area contributed by atoms with Crippen molar-refractivity contribution >= 4 is 80.3 Å². The van der Waals surface area contributed by atoms with E-state index in [4.69, 9.17) is 27.9 Å². The van der Waals surface area contributed by atoms with E-state index in [0.29, 0.717) is 37.1 Å². The van der Waals surface area contributed by atoms with Crippen LogP contribution in [0.5, 0.6) is 5.75 Å². The second kappa shape index (κ2) is 11.2. The van der Waals surface area contributed by atoms with Crippen molar-refractivity contribution < 1.29 is 23.9 Å². The fourth-order valence-corrected chi connectivity index (χ4v) is 4.27. The molecular weight excluding hydrogens is 585 g/mol. The van der Waals surface area contributed by atoms with Crippen molar-refractivity contribution in [1.29, 1.82) is 0 Å². The molecule has 5 amide bonds. The molecule has 0 aromatic heterocycles. The van der Waals surface area contributed by atoms with Crippen LogP contribution in [0.25, 0.3) is 6.08 Å². The number of aryl methyl sites for hydroxylation is 1. The van der Waals surface area contributed by atoms with E-state index in [1.54, 1.807) is 61.5 Å². The third kappa shape index (κ3) is 6.19. The molecule has 0 bridgehead atoms. The number of urea groups is 1. The van der Waals surface area contributed by atoms with Gasteiger partial charge in [-0.3, -0.25) is 19.7 Å². The molecule has 1 saturated heterocycles. The summed E-state index contributed by atoms with van der Waals surface area (Å²) in [6, 6.07) is 15.4. The molecule has 0 saturated carbocycles. The van der Waals surface area contributed by atoms with E-state index in [1.165, 1.54) is 12.1 Å². The molecule has 3 aromatic rings. The van der Waals surface area contributed by atoms with Crippen LogP contribution in [-0.2, 0) is 14.4 Å². The zero-order chi connectivity index (χ0) is 26.7. The summed E-state index contributed by atoms with van der Waals surface area (Å²) in [7, 11) is 0. The quantitative estimate of drug-likeness (QED) is 0.276. The van der Waals surface area contributed by atoms with E-state index in [2.05, 4.69) is 26.6 Å². The lowest BCUT2D eigenvalue weighted by Crippen LogP contribution is -2.54. The average Bonchev–Trinajstić information content (AvgIpc) is 2.84. The highest BCUT2D eigenvalue weighted by Crippen LogP contribution is 2.30. The van der Waals surface area contributed by atoms with Crippen molar-refractivity contribution in [3.63, 3.8) is 0 Å². The second-order valence-corrected chi connectivity index (χ2v) is 9.65. The molecule has 0 aliphatic carbocycles. The van der Waals surface area contributed by atoms with Gasteiger partial charge in [-0.1, -0.05) is 35.3 Å². The number of anilines is 2. The van der Waals surface area contributed by atoms with Crippen molar-refractivity contribution in [2.45, 2.75) is 6.92 Å². The third-order valence-electron chi connectivity index (χ3n) is 5.27. The molecule has 1 heterocycles. The molecule has 1 aliphatic rings. The predicted octanol–water partition coefficient (Wildman–Crippen LogP) is 5.75. The van der Waals surface area contributed by atoms with Crippen molar-refractivity contribution in [2.75, 3.05) is 16.8 Å². The van der Waals surface area contributed by atoms with Crippen LogP contribution in [0.3, 0.4) is 0 Å². The molecule has 3 aromatic carbocycles. The van der Waals surface area contributed by atoms with Gasteiger partial charge in [-0.2, -0.15) is 0 Å². The molecule has 37 heavy (non-hydrogen) atoms. The monoisotopic (exact) mass is 601 g/mol. The van der Waals surface area contributed by atoms with E-state index in [9.17, 15) is 19.2 Å². The number of hydrogen-bond acceptors (Lipinski definition) is 5. The lowest BCUT2D eigenvalue weighted by molar-refractivity contribution is -0.122. The van der Waals surface area contributed by atoms with Gasteiger partial charge in [-0.15, -0.1) is 0 Å². The average molecular weight is 603 g/mol. The largest absolute Gasteiger partial charge is 0.483 e. The maximum Gasteiger partial charge on any atom is 0.335 e. The van der Waals surface area contributed by atoms with Crippen molar-refractivity contribution in [2.24, 2.45) is 0 Å². The van der Waals surface area contributed by atoms with Gasteiger partial charge in [-0.25, -0.2) is 9.69 Å². The Balaban J connectivity index is 1.49. The number of hydrogen-bond donors (Lipinski definition) is 2. The van der Waals surface area contributed by atoms with Crippen LogP contribution in [0, 0.1) is 6.92 Å². The Labute approximate surface area is 230 Å². The minimum atomic E-state index is -0.862. The van der Waals surface area contributed by atoms with Crippen molar-refractivity contribution in [3.8, 4) is 5.75 Å². The number of carbonyl (C=O) groups is 4. The zero-order valence-electron chi connectivity index (χ0n) is 19.2. The number of benzene rings is 3. The molecular formula is C26H18BrCl2N3O5. The van der Waals surface area contributed by atoms with Gasteiger partial charge in [0.1, 0.15) is 11.3 Å². The van der Waals surface area contributed by atoms with Gasteiger partial charge in [0.15, 0.2) is 6.61 Å². The lowest BCUT2D eigenvalue weighted by Gasteiger charge is -2.27. The highest BCUT2D eigenvalue weighted by atomic mass is 79.9. The number of nitrogens with one attached hydrogen (secondary N) is 2. The molecule has 0 unspecified atom stereocenters. The van der Waals surface area contributed by atoms with Gasteiger partial charge in [0, 0.05) is 15.7 Å². The normalized spacial score (nSPS) is 14.5. The molecule has 0 spiro atoms. The molecule has 0 radical (unpaired) electrons. The van der Waals surface area contributed by atoms with Crippen LogP contribution in [0.2, 0.25) is 10.0 Å². The number of halogens is 3. The first kappa shape index (κ1) is 26.4. The molecule has 2 N–H and O–H groups in total. The first-order valence-electron chi connectivity index (χ1n) is 10.8. The molecule has 1 fully saturated rings. The van der Waals surface area contributed by atoms with Gasteiger partial charge in [0.2, 0.25) is 0 Å². The van der Waals surface area contributed by atoms with E-state index in [1.807, 2.05) is 0 Å². The Hall–Kier alpha value is -3.66. The number of nitrogens with zero attached hydrogens (tertiary/aromatic N) is 1. The third-order valence-corrected chi connectivity index (χ3v) is 6.37. The Morgan fingerprint density at radius 2 is 1.73 bits per heavy atom. The Morgan fingerprint density at radius 3 is 2.43 bits per heavy atom. The summed E-state index contributed by atoms with van der Waals surface area (Å²) >= 11 is 15.3. The number of barbiturate groups is 1. The second-order valence-electron chi connectivity index (χ2n) is 7.92. The number of carbonyl (C=O) groups excluding carboxylic acids is 4. The lowest BCUT2D eigenvalue weighted by atomic mass is 10.1. The summed E-state index contributed by atoms with van der Waals surface area (Å²) in [5.41, 5.74) is 1.73. The van der Waals surface area contributed by atoms with Crippen LogP contribution in [0.1, 0.15) is 11.1 Å². The number of amides is 5. The van der Waals surface area contributed by atoms with E-state index in [-0.39, 0.29) is 23.8 Å². The summed E-state index contributed by atoms with van der Waals surface area (Å²) in [6.45, 7) is 1.47. The summed E-state index contributed by atoms with van der Waals surface area (Å²) in [5.74, 6) is -1.60. The molecule has 11 heteroatoms. The Morgan fingerprint density at radius 1 is 1.03 bits per heavy atom. The number of imide groups is 2. The predicted molar refractivity (Wildman–Crippen MR) is 145 cm³/mol.